The number of piperazine rings is 1. The van der Waals surface area contributed by atoms with E-state index in [2.05, 4.69) is 24.5 Å². The van der Waals surface area contributed by atoms with Crippen LogP contribution in [0.4, 0.5) is 11.4 Å². The molecule has 2 aromatic rings. The molecule has 5 rings (SSSR count). The number of nitrogens with zero attached hydrogens (tertiary/aromatic N) is 2. The maximum Gasteiger partial charge on any atom is 0.246 e. The average molecular weight is 517 g/mol. The van der Waals surface area contributed by atoms with Crippen LogP contribution in [0, 0.1) is 11.8 Å². The summed E-state index contributed by atoms with van der Waals surface area (Å²) in [6.45, 7) is 7.24. The monoisotopic (exact) mass is 516 g/mol. The molecule has 8 heteroatoms. The van der Waals surface area contributed by atoms with Gasteiger partial charge in [0.05, 0.1) is 12.1 Å². The molecule has 3 aliphatic heterocycles. The minimum Gasteiger partial charge on any atom is -0.326 e. The van der Waals surface area contributed by atoms with Gasteiger partial charge in [-0.3, -0.25) is 19.2 Å². The first kappa shape index (κ1) is 25.9. The maximum atomic E-state index is 14.2. The minimum atomic E-state index is -0.485. The summed E-state index contributed by atoms with van der Waals surface area (Å²) in [5.74, 6) is 0.215. The largest absolute Gasteiger partial charge is 0.326 e. The van der Waals surface area contributed by atoms with Gasteiger partial charge in [-0.25, -0.2) is 0 Å². The molecule has 3 heterocycles. The van der Waals surface area contributed by atoms with Gasteiger partial charge in [-0.05, 0) is 72.9 Å². The lowest BCUT2D eigenvalue weighted by molar-refractivity contribution is -0.177. The zero-order chi connectivity index (χ0) is 27.1. The Kier molecular flexibility index (Phi) is 6.99. The number of piperidine rings is 2. The zero-order valence-electron chi connectivity index (χ0n) is 22.4. The molecular weight excluding hydrogens is 480 g/mol. The highest BCUT2D eigenvalue weighted by atomic mass is 16.2. The van der Waals surface area contributed by atoms with Gasteiger partial charge < -0.3 is 20.4 Å². The van der Waals surface area contributed by atoms with Crippen LogP contribution in [0.3, 0.4) is 0 Å². The van der Waals surface area contributed by atoms with E-state index in [9.17, 15) is 19.2 Å². The summed E-state index contributed by atoms with van der Waals surface area (Å²) in [4.78, 5) is 55.0. The molecule has 2 N–H and O–H groups in total. The van der Waals surface area contributed by atoms with E-state index in [1.54, 1.807) is 0 Å². The zero-order valence-corrected chi connectivity index (χ0v) is 22.4. The number of carbonyl (C=O) groups excluding carboxylic acids is 4. The molecule has 2 aromatic carbocycles. The Morgan fingerprint density at radius 2 is 0.974 bits per heavy atom. The fourth-order valence-electron chi connectivity index (χ4n) is 6.69. The summed E-state index contributed by atoms with van der Waals surface area (Å²) in [6, 6.07) is 13.9. The second kappa shape index (κ2) is 10.2. The molecule has 0 bridgehead atoms. The number of hydrogen-bond donors (Lipinski definition) is 2. The summed E-state index contributed by atoms with van der Waals surface area (Å²) in [5, 5.41) is 5.58. The lowest BCUT2D eigenvalue weighted by Gasteiger charge is -2.56. The third-order valence-corrected chi connectivity index (χ3v) is 8.36. The first-order valence-corrected chi connectivity index (χ1v) is 13.5. The second-order valence-corrected chi connectivity index (χ2v) is 11.1. The lowest BCUT2D eigenvalue weighted by atomic mass is 9.76. The number of carbonyl (C=O) groups is 4. The Morgan fingerprint density at radius 1 is 0.632 bits per heavy atom. The number of hydrogen-bond acceptors (Lipinski definition) is 4. The van der Waals surface area contributed by atoms with Gasteiger partial charge in [-0.1, -0.05) is 38.1 Å². The first-order valence-electron chi connectivity index (χ1n) is 13.5. The van der Waals surface area contributed by atoms with Crippen LogP contribution < -0.4 is 10.6 Å². The molecule has 0 aromatic heterocycles. The fraction of sp³-hybridized carbons (Fsp3) is 0.467. The van der Waals surface area contributed by atoms with Gasteiger partial charge in [0.25, 0.3) is 0 Å². The third kappa shape index (κ3) is 4.68. The molecule has 3 fully saturated rings. The van der Waals surface area contributed by atoms with Gasteiger partial charge in [-0.15, -0.1) is 0 Å². The molecule has 0 spiro atoms. The third-order valence-electron chi connectivity index (χ3n) is 8.36. The molecule has 0 aliphatic carbocycles. The first-order chi connectivity index (χ1) is 18.2. The summed E-state index contributed by atoms with van der Waals surface area (Å²) < 4.78 is 0. The van der Waals surface area contributed by atoms with Crippen LogP contribution in [0.1, 0.15) is 76.6 Å². The van der Waals surface area contributed by atoms with E-state index >= 15 is 0 Å². The molecule has 0 saturated carbocycles. The van der Waals surface area contributed by atoms with E-state index in [4.69, 9.17) is 0 Å². The Morgan fingerprint density at radius 3 is 1.29 bits per heavy atom. The molecular formula is C30H36N4O4. The van der Waals surface area contributed by atoms with Crippen LogP contribution in [0.25, 0.3) is 0 Å². The van der Waals surface area contributed by atoms with Crippen LogP contribution in [-0.2, 0) is 19.2 Å². The molecule has 5 unspecified atom stereocenters. The number of anilines is 2. The van der Waals surface area contributed by atoms with Gasteiger partial charge in [0.15, 0.2) is 0 Å². The van der Waals surface area contributed by atoms with Crippen molar-refractivity contribution in [1.29, 1.82) is 0 Å². The van der Waals surface area contributed by atoms with Crippen molar-refractivity contribution in [2.45, 2.75) is 77.5 Å². The van der Waals surface area contributed by atoms with E-state index in [1.165, 1.54) is 13.8 Å². The predicted molar refractivity (Wildman–Crippen MR) is 145 cm³/mol. The smallest absolute Gasteiger partial charge is 0.246 e. The topological polar surface area (TPSA) is 98.8 Å². The Bertz CT molecular complexity index is 1140. The molecule has 3 aliphatic rings. The van der Waals surface area contributed by atoms with Crippen molar-refractivity contribution in [3.8, 4) is 0 Å². The fourth-order valence-corrected chi connectivity index (χ4v) is 6.69. The van der Waals surface area contributed by atoms with Gasteiger partial charge in [0.2, 0.25) is 23.6 Å². The van der Waals surface area contributed by atoms with Crippen molar-refractivity contribution in [2.75, 3.05) is 10.6 Å². The maximum absolute atomic E-state index is 14.2. The molecule has 38 heavy (non-hydrogen) atoms. The standard InChI is InChI=1S/C30H36N4O4/c1-17-5-15-25-30(38)34-26(16-6-18(2)28(34)22-9-13-24(14-10-22)32-20(4)36)29(37)33(25)27(17)21-7-11-23(12-8-21)31-19(3)35/h7-14,17-18,25-28H,5-6,15-16H2,1-4H3,(H,31,35)(H,32,36)/t17?,18?,25?,26?,27-,28?/m1/s1. The van der Waals surface area contributed by atoms with Crippen LogP contribution >= 0.6 is 0 Å². The normalized spacial score (nSPS) is 28.8. The van der Waals surface area contributed by atoms with Crippen LogP contribution in [0.2, 0.25) is 0 Å². The van der Waals surface area contributed by atoms with Gasteiger partial charge >= 0.3 is 0 Å². The predicted octanol–water partition coefficient (Wildman–Crippen LogP) is 4.65. The molecule has 4 amide bonds. The Hall–Kier alpha value is -3.68. The quantitative estimate of drug-likeness (QED) is 0.618. The molecule has 8 nitrogen and oxygen atoms in total. The van der Waals surface area contributed by atoms with Crippen LogP contribution in [-0.4, -0.2) is 45.5 Å². The van der Waals surface area contributed by atoms with E-state index in [1.807, 2.05) is 58.3 Å². The van der Waals surface area contributed by atoms with Crippen molar-refractivity contribution in [1.82, 2.24) is 9.80 Å². The van der Waals surface area contributed by atoms with Crippen molar-refractivity contribution in [3.63, 3.8) is 0 Å². The van der Waals surface area contributed by atoms with Gasteiger partial charge in [0, 0.05) is 25.2 Å². The summed E-state index contributed by atoms with van der Waals surface area (Å²) in [5.41, 5.74) is 3.39. The number of fused-ring (bicyclic) bond motifs is 2. The summed E-state index contributed by atoms with van der Waals surface area (Å²) >= 11 is 0. The lowest BCUT2D eigenvalue weighted by Crippen LogP contribution is -2.69. The van der Waals surface area contributed by atoms with E-state index in [-0.39, 0.29) is 47.5 Å². The number of rotatable bonds is 4. The van der Waals surface area contributed by atoms with E-state index in [0.717, 1.165) is 24.0 Å². The summed E-state index contributed by atoms with van der Waals surface area (Å²) in [7, 11) is 0. The van der Waals surface area contributed by atoms with Crippen molar-refractivity contribution < 1.29 is 19.2 Å². The molecule has 0 radical (unpaired) electrons. The number of nitrogens with one attached hydrogen (secondary N) is 2. The van der Waals surface area contributed by atoms with Crippen molar-refractivity contribution in [3.05, 3.63) is 59.7 Å². The van der Waals surface area contributed by atoms with E-state index < -0.39 is 12.1 Å². The highest BCUT2D eigenvalue weighted by Gasteiger charge is 2.55. The van der Waals surface area contributed by atoms with Crippen LogP contribution in [0.5, 0.6) is 0 Å². The number of amides is 4. The number of benzene rings is 2. The molecule has 3 saturated heterocycles. The van der Waals surface area contributed by atoms with Crippen LogP contribution in [0.15, 0.2) is 48.5 Å². The van der Waals surface area contributed by atoms with Gasteiger partial charge in [-0.2, -0.15) is 0 Å². The minimum absolute atomic E-state index is 0.0313. The second-order valence-electron chi connectivity index (χ2n) is 11.1. The average Bonchev–Trinajstić information content (AvgIpc) is 2.87. The SMILES string of the molecule is CC(=O)Nc1ccc(C2C(C)CCC3C(=O)N4C(CCC(C)[C@@H]4c4ccc(NC(C)=O)cc4)C(=O)N32)cc1. The van der Waals surface area contributed by atoms with Gasteiger partial charge in [0.1, 0.15) is 12.1 Å². The molecule has 6 atom stereocenters. The highest BCUT2D eigenvalue weighted by Crippen LogP contribution is 2.48. The van der Waals surface area contributed by atoms with Crippen molar-refractivity contribution in [2.24, 2.45) is 11.8 Å². The Labute approximate surface area is 223 Å². The van der Waals surface area contributed by atoms with Crippen molar-refractivity contribution >= 4 is 35.0 Å². The summed E-state index contributed by atoms with van der Waals surface area (Å²) in [6.07, 6.45) is 3.00. The Balaban J connectivity index is 1.46. The van der Waals surface area contributed by atoms with E-state index in [0.29, 0.717) is 24.2 Å². The highest BCUT2D eigenvalue weighted by molar-refractivity contribution is 5.98. The molecule has 200 valence electrons.